The zero-order chi connectivity index (χ0) is 14.1. The smallest absolute Gasteiger partial charge is 0.127 e. The van der Waals surface area contributed by atoms with E-state index in [4.69, 9.17) is 0 Å². The van der Waals surface area contributed by atoms with Gasteiger partial charge in [-0.25, -0.2) is 0 Å². The number of carbonyl (C=O) groups is 1. The molecule has 1 aliphatic rings. The molecule has 0 saturated heterocycles. The van der Waals surface area contributed by atoms with Gasteiger partial charge in [0.25, 0.3) is 0 Å². The van der Waals surface area contributed by atoms with Crippen molar-refractivity contribution in [1.82, 2.24) is 9.80 Å². The Labute approximate surface area is 119 Å². The molecule has 0 radical (unpaired) electrons. The summed E-state index contributed by atoms with van der Waals surface area (Å²) in [5.74, 6) is 0. The third-order valence-electron chi connectivity index (χ3n) is 4.41. The molecule has 0 aromatic heterocycles. The minimum absolute atomic E-state index is 0.0510. The van der Waals surface area contributed by atoms with Crippen LogP contribution in [0.1, 0.15) is 51.9 Å². The van der Waals surface area contributed by atoms with Crippen LogP contribution in [0.5, 0.6) is 0 Å². The number of rotatable bonds is 8. The highest BCUT2D eigenvalue weighted by molar-refractivity contribution is 5.59. The van der Waals surface area contributed by atoms with Crippen LogP contribution in [0.25, 0.3) is 0 Å². The molecule has 3 nitrogen and oxygen atoms in total. The molecule has 0 amide bonds. The molecular formula is C16H32N2O. The molecule has 19 heavy (non-hydrogen) atoms. The van der Waals surface area contributed by atoms with Gasteiger partial charge in [-0.05, 0) is 53.0 Å². The van der Waals surface area contributed by atoms with Gasteiger partial charge in [0.2, 0.25) is 0 Å². The van der Waals surface area contributed by atoms with E-state index in [2.05, 4.69) is 30.8 Å². The Balaban J connectivity index is 2.48. The second-order valence-corrected chi connectivity index (χ2v) is 6.42. The Morgan fingerprint density at radius 1 is 1.05 bits per heavy atom. The largest absolute Gasteiger partial charge is 0.309 e. The molecular weight excluding hydrogens is 236 g/mol. The Bertz CT molecular complexity index is 245. The summed E-state index contributed by atoms with van der Waals surface area (Å²) in [6.45, 7) is 6.49. The average molecular weight is 268 g/mol. The first-order valence-electron chi connectivity index (χ1n) is 7.95. The fraction of sp³-hybridized carbons (Fsp3) is 0.938. The number of nitrogens with zero attached hydrogens (tertiary/aromatic N) is 2. The van der Waals surface area contributed by atoms with Crippen molar-refractivity contribution in [1.29, 1.82) is 0 Å². The maximum absolute atomic E-state index is 11.6. The van der Waals surface area contributed by atoms with Crippen LogP contribution in [0.3, 0.4) is 0 Å². The zero-order valence-corrected chi connectivity index (χ0v) is 13.2. The summed E-state index contributed by atoms with van der Waals surface area (Å²) in [6, 6.07) is 0. The van der Waals surface area contributed by atoms with Crippen molar-refractivity contribution in [2.24, 2.45) is 5.41 Å². The van der Waals surface area contributed by atoms with Gasteiger partial charge in [0.1, 0.15) is 6.29 Å². The van der Waals surface area contributed by atoms with E-state index in [1.165, 1.54) is 38.4 Å². The Morgan fingerprint density at radius 2 is 1.68 bits per heavy atom. The van der Waals surface area contributed by atoms with Crippen molar-refractivity contribution < 1.29 is 4.79 Å². The summed E-state index contributed by atoms with van der Waals surface area (Å²) in [4.78, 5) is 16.3. The van der Waals surface area contributed by atoms with Crippen LogP contribution in [0.4, 0.5) is 0 Å². The lowest BCUT2D eigenvalue weighted by Crippen LogP contribution is -2.39. The molecule has 0 heterocycles. The lowest BCUT2D eigenvalue weighted by atomic mass is 9.81. The van der Waals surface area contributed by atoms with Gasteiger partial charge in [-0.3, -0.25) is 0 Å². The number of carbonyl (C=O) groups excluding carboxylic acids is 1. The van der Waals surface area contributed by atoms with Gasteiger partial charge in [0.15, 0.2) is 0 Å². The van der Waals surface area contributed by atoms with Gasteiger partial charge in [-0.1, -0.05) is 32.6 Å². The molecule has 1 fully saturated rings. The van der Waals surface area contributed by atoms with E-state index >= 15 is 0 Å². The molecule has 0 unspecified atom stereocenters. The Kier molecular flexibility index (Phi) is 7.62. The lowest BCUT2D eigenvalue weighted by Gasteiger charge is -2.33. The van der Waals surface area contributed by atoms with Crippen LogP contribution in [-0.2, 0) is 4.79 Å². The SMILES string of the molecule is CCN(CCCN(C)C)CC1(C=O)CCCCCC1. The molecule has 0 aromatic rings. The van der Waals surface area contributed by atoms with E-state index in [0.29, 0.717) is 0 Å². The Hall–Kier alpha value is -0.410. The topological polar surface area (TPSA) is 23.6 Å². The number of hydrogen-bond donors (Lipinski definition) is 0. The first-order valence-corrected chi connectivity index (χ1v) is 7.95. The van der Waals surface area contributed by atoms with Crippen molar-refractivity contribution in [2.45, 2.75) is 51.9 Å². The second-order valence-electron chi connectivity index (χ2n) is 6.42. The number of aldehydes is 1. The minimum Gasteiger partial charge on any atom is -0.309 e. The molecule has 3 heteroatoms. The van der Waals surface area contributed by atoms with Crippen LogP contribution in [-0.4, -0.2) is 56.4 Å². The predicted molar refractivity (Wildman–Crippen MR) is 81.5 cm³/mol. The summed E-state index contributed by atoms with van der Waals surface area (Å²) in [5, 5.41) is 0. The van der Waals surface area contributed by atoms with Gasteiger partial charge in [-0.2, -0.15) is 0 Å². The van der Waals surface area contributed by atoms with Gasteiger partial charge in [0.05, 0.1) is 0 Å². The summed E-state index contributed by atoms with van der Waals surface area (Å²) in [6.07, 6.45) is 9.73. The summed E-state index contributed by atoms with van der Waals surface area (Å²) in [5.41, 5.74) is -0.0510. The fourth-order valence-corrected chi connectivity index (χ4v) is 3.15. The number of hydrogen-bond acceptors (Lipinski definition) is 3. The van der Waals surface area contributed by atoms with E-state index in [1.54, 1.807) is 0 Å². The van der Waals surface area contributed by atoms with Crippen LogP contribution in [0.15, 0.2) is 0 Å². The first kappa shape index (κ1) is 16.6. The highest BCUT2D eigenvalue weighted by Crippen LogP contribution is 2.34. The Morgan fingerprint density at radius 3 is 2.16 bits per heavy atom. The van der Waals surface area contributed by atoms with E-state index < -0.39 is 0 Å². The molecule has 0 aromatic carbocycles. The van der Waals surface area contributed by atoms with Crippen LogP contribution < -0.4 is 0 Å². The molecule has 0 aliphatic heterocycles. The maximum atomic E-state index is 11.6. The quantitative estimate of drug-likeness (QED) is 0.499. The normalized spacial score (nSPS) is 19.6. The molecule has 1 rings (SSSR count). The van der Waals surface area contributed by atoms with E-state index in [9.17, 15) is 4.79 Å². The van der Waals surface area contributed by atoms with Crippen molar-refractivity contribution >= 4 is 6.29 Å². The van der Waals surface area contributed by atoms with Crippen LogP contribution in [0, 0.1) is 5.41 Å². The van der Waals surface area contributed by atoms with E-state index in [0.717, 1.165) is 39.0 Å². The summed E-state index contributed by atoms with van der Waals surface area (Å²) in [7, 11) is 4.24. The molecule has 0 atom stereocenters. The third kappa shape index (κ3) is 6.05. The highest BCUT2D eigenvalue weighted by atomic mass is 16.1. The second kappa shape index (κ2) is 8.70. The summed E-state index contributed by atoms with van der Waals surface area (Å²) < 4.78 is 0. The molecule has 0 spiro atoms. The third-order valence-corrected chi connectivity index (χ3v) is 4.41. The van der Waals surface area contributed by atoms with Crippen molar-refractivity contribution in [2.75, 3.05) is 40.3 Å². The lowest BCUT2D eigenvalue weighted by molar-refractivity contribution is -0.118. The standard InChI is InChI=1S/C16H32N2O/c1-4-18(13-9-12-17(2)3)14-16(15-19)10-7-5-6-8-11-16/h15H,4-14H2,1-3H3. The maximum Gasteiger partial charge on any atom is 0.127 e. The first-order chi connectivity index (χ1) is 9.12. The van der Waals surface area contributed by atoms with Crippen LogP contribution in [0.2, 0.25) is 0 Å². The van der Waals surface area contributed by atoms with Gasteiger partial charge in [-0.15, -0.1) is 0 Å². The summed E-state index contributed by atoms with van der Waals surface area (Å²) >= 11 is 0. The van der Waals surface area contributed by atoms with Crippen LogP contribution >= 0.6 is 0 Å². The minimum atomic E-state index is -0.0510. The van der Waals surface area contributed by atoms with Gasteiger partial charge >= 0.3 is 0 Å². The van der Waals surface area contributed by atoms with E-state index in [-0.39, 0.29) is 5.41 Å². The molecule has 1 saturated carbocycles. The fourth-order valence-electron chi connectivity index (χ4n) is 3.15. The van der Waals surface area contributed by atoms with E-state index in [1.807, 2.05) is 0 Å². The molecule has 0 bridgehead atoms. The van der Waals surface area contributed by atoms with Crippen molar-refractivity contribution in [3.05, 3.63) is 0 Å². The molecule has 1 aliphatic carbocycles. The van der Waals surface area contributed by atoms with Gasteiger partial charge < -0.3 is 14.6 Å². The van der Waals surface area contributed by atoms with Gasteiger partial charge in [0, 0.05) is 12.0 Å². The highest BCUT2D eigenvalue weighted by Gasteiger charge is 2.32. The van der Waals surface area contributed by atoms with Crippen molar-refractivity contribution in [3.8, 4) is 0 Å². The zero-order valence-electron chi connectivity index (χ0n) is 13.2. The average Bonchev–Trinajstić information content (AvgIpc) is 2.63. The molecule has 0 N–H and O–H groups in total. The molecule has 112 valence electrons. The monoisotopic (exact) mass is 268 g/mol. The van der Waals surface area contributed by atoms with Crippen molar-refractivity contribution in [3.63, 3.8) is 0 Å². The predicted octanol–water partition coefficient (Wildman–Crippen LogP) is 2.80.